The maximum absolute atomic E-state index is 11.6. The molecular formula is C13H19N3O4. The molecular weight excluding hydrogens is 262 g/mol. The number of amides is 2. The Labute approximate surface area is 117 Å². The van der Waals surface area contributed by atoms with E-state index < -0.39 is 5.91 Å². The number of carbonyl (C=O) groups excluding carboxylic acids is 2. The summed E-state index contributed by atoms with van der Waals surface area (Å²) in [5.41, 5.74) is 5.59. The minimum atomic E-state index is -0.587. The SMILES string of the molecule is CNCCC(=O)Nc1ccc(OC)c(OCC(N)=O)c1. The number of nitrogens with two attached hydrogens (primary N) is 1. The number of carbonyl (C=O) groups is 2. The van der Waals surface area contributed by atoms with Crippen molar-refractivity contribution in [2.24, 2.45) is 5.73 Å². The average Bonchev–Trinajstić information content (AvgIpc) is 2.43. The summed E-state index contributed by atoms with van der Waals surface area (Å²) in [6.45, 7) is 0.334. The van der Waals surface area contributed by atoms with Gasteiger partial charge in [0.25, 0.3) is 5.91 Å². The van der Waals surface area contributed by atoms with Crippen molar-refractivity contribution in [3.05, 3.63) is 18.2 Å². The van der Waals surface area contributed by atoms with E-state index in [0.717, 1.165) is 0 Å². The quantitative estimate of drug-likeness (QED) is 0.627. The van der Waals surface area contributed by atoms with Crippen molar-refractivity contribution in [2.75, 3.05) is 32.6 Å². The van der Waals surface area contributed by atoms with Gasteiger partial charge in [-0.15, -0.1) is 0 Å². The fourth-order valence-corrected chi connectivity index (χ4v) is 1.48. The topological polar surface area (TPSA) is 103 Å². The Morgan fingerprint density at radius 1 is 1.30 bits per heavy atom. The van der Waals surface area contributed by atoms with E-state index >= 15 is 0 Å². The van der Waals surface area contributed by atoms with Gasteiger partial charge in [-0.1, -0.05) is 0 Å². The van der Waals surface area contributed by atoms with Crippen LogP contribution in [0.25, 0.3) is 0 Å². The molecule has 4 N–H and O–H groups in total. The number of rotatable bonds is 8. The summed E-state index contributed by atoms with van der Waals surface area (Å²) in [5, 5.41) is 5.62. The fraction of sp³-hybridized carbons (Fsp3) is 0.385. The molecule has 1 aromatic rings. The number of nitrogens with one attached hydrogen (secondary N) is 2. The molecule has 7 heteroatoms. The highest BCUT2D eigenvalue weighted by atomic mass is 16.5. The van der Waals surface area contributed by atoms with Gasteiger partial charge < -0.3 is 25.8 Å². The van der Waals surface area contributed by atoms with E-state index in [1.54, 1.807) is 25.2 Å². The number of hydrogen-bond acceptors (Lipinski definition) is 5. The molecule has 0 spiro atoms. The second-order valence-electron chi connectivity index (χ2n) is 4.02. The van der Waals surface area contributed by atoms with Crippen LogP contribution in [0.15, 0.2) is 18.2 Å². The molecule has 0 bridgehead atoms. The number of methoxy groups -OCH3 is 1. The normalized spacial score (nSPS) is 9.90. The molecule has 7 nitrogen and oxygen atoms in total. The Hall–Kier alpha value is -2.28. The lowest BCUT2D eigenvalue weighted by atomic mass is 10.2. The Balaban J connectivity index is 2.75. The van der Waals surface area contributed by atoms with Crippen LogP contribution < -0.4 is 25.8 Å². The van der Waals surface area contributed by atoms with Crippen molar-refractivity contribution in [3.63, 3.8) is 0 Å². The summed E-state index contributed by atoms with van der Waals surface area (Å²) in [4.78, 5) is 22.3. The molecule has 20 heavy (non-hydrogen) atoms. The summed E-state index contributed by atoms with van der Waals surface area (Å²) >= 11 is 0. The second kappa shape index (κ2) is 8.00. The van der Waals surface area contributed by atoms with Crippen molar-refractivity contribution in [1.82, 2.24) is 5.32 Å². The highest BCUT2D eigenvalue weighted by Gasteiger charge is 2.09. The average molecular weight is 281 g/mol. The van der Waals surface area contributed by atoms with Gasteiger partial charge in [0.1, 0.15) is 0 Å². The van der Waals surface area contributed by atoms with Crippen molar-refractivity contribution < 1.29 is 19.1 Å². The summed E-state index contributed by atoms with van der Waals surface area (Å²) in [6.07, 6.45) is 0.361. The Morgan fingerprint density at radius 3 is 2.65 bits per heavy atom. The van der Waals surface area contributed by atoms with Gasteiger partial charge >= 0.3 is 0 Å². The molecule has 0 aliphatic heterocycles. The van der Waals surface area contributed by atoms with Crippen LogP contribution in [0, 0.1) is 0 Å². The highest BCUT2D eigenvalue weighted by Crippen LogP contribution is 2.30. The van der Waals surface area contributed by atoms with Crippen LogP contribution in [0.3, 0.4) is 0 Å². The van der Waals surface area contributed by atoms with E-state index in [9.17, 15) is 9.59 Å². The standard InChI is InChI=1S/C13H19N3O4/c1-15-6-5-13(18)16-9-3-4-10(19-2)11(7-9)20-8-12(14)17/h3-4,7,15H,5-6,8H2,1-2H3,(H2,14,17)(H,16,18). The van der Waals surface area contributed by atoms with Gasteiger partial charge in [0.05, 0.1) is 7.11 Å². The molecule has 2 amide bonds. The number of anilines is 1. The van der Waals surface area contributed by atoms with Crippen molar-refractivity contribution >= 4 is 17.5 Å². The molecule has 0 atom stereocenters. The van der Waals surface area contributed by atoms with Crippen molar-refractivity contribution in [2.45, 2.75) is 6.42 Å². The van der Waals surface area contributed by atoms with E-state index in [-0.39, 0.29) is 12.5 Å². The number of benzene rings is 1. The molecule has 0 saturated carbocycles. The van der Waals surface area contributed by atoms with E-state index in [0.29, 0.717) is 30.2 Å². The number of primary amides is 1. The zero-order chi connectivity index (χ0) is 15.0. The predicted octanol–water partition coefficient (Wildman–Crippen LogP) is 0.107. The first kappa shape index (κ1) is 15.8. The maximum Gasteiger partial charge on any atom is 0.255 e. The van der Waals surface area contributed by atoms with Gasteiger partial charge in [0.2, 0.25) is 5.91 Å². The Kier molecular flexibility index (Phi) is 6.31. The van der Waals surface area contributed by atoms with Gasteiger partial charge in [-0.05, 0) is 19.2 Å². The first-order valence-electron chi connectivity index (χ1n) is 6.10. The molecule has 1 aromatic carbocycles. The van der Waals surface area contributed by atoms with Crippen molar-refractivity contribution in [3.8, 4) is 11.5 Å². The molecule has 0 saturated heterocycles. The van der Waals surface area contributed by atoms with E-state index in [1.807, 2.05) is 0 Å². The largest absolute Gasteiger partial charge is 0.493 e. The highest BCUT2D eigenvalue weighted by molar-refractivity contribution is 5.91. The van der Waals surface area contributed by atoms with Crippen molar-refractivity contribution in [1.29, 1.82) is 0 Å². The third-order valence-corrected chi connectivity index (χ3v) is 2.42. The van der Waals surface area contributed by atoms with Gasteiger partial charge in [-0.3, -0.25) is 9.59 Å². The lowest BCUT2D eigenvalue weighted by Crippen LogP contribution is -2.20. The smallest absolute Gasteiger partial charge is 0.255 e. The first-order valence-corrected chi connectivity index (χ1v) is 6.10. The fourth-order valence-electron chi connectivity index (χ4n) is 1.48. The minimum Gasteiger partial charge on any atom is -0.493 e. The van der Waals surface area contributed by atoms with Crippen LogP contribution in [0.4, 0.5) is 5.69 Å². The molecule has 0 aliphatic rings. The van der Waals surface area contributed by atoms with Crippen LogP contribution in [-0.4, -0.2) is 39.1 Å². The van der Waals surface area contributed by atoms with Gasteiger partial charge in [-0.25, -0.2) is 0 Å². The van der Waals surface area contributed by atoms with E-state index in [2.05, 4.69) is 10.6 Å². The van der Waals surface area contributed by atoms with Gasteiger partial charge in [0.15, 0.2) is 18.1 Å². The van der Waals surface area contributed by atoms with Crippen LogP contribution in [0.2, 0.25) is 0 Å². The molecule has 1 rings (SSSR count). The molecule has 0 unspecified atom stereocenters. The van der Waals surface area contributed by atoms with Crippen LogP contribution in [-0.2, 0) is 9.59 Å². The Bertz CT molecular complexity index is 477. The van der Waals surface area contributed by atoms with E-state index in [1.165, 1.54) is 7.11 Å². The summed E-state index contributed by atoms with van der Waals surface area (Å²) in [6, 6.07) is 4.91. The first-order chi connectivity index (χ1) is 9.56. The summed E-state index contributed by atoms with van der Waals surface area (Å²) in [7, 11) is 3.26. The zero-order valence-corrected chi connectivity index (χ0v) is 11.6. The maximum atomic E-state index is 11.6. The molecule has 110 valence electrons. The lowest BCUT2D eigenvalue weighted by Gasteiger charge is -2.12. The predicted molar refractivity (Wildman–Crippen MR) is 74.9 cm³/mol. The molecule has 0 heterocycles. The zero-order valence-electron chi connectivity index (χ0n) is 11.6. The van der Waals surface area contributed by atoms with Gasteiger partial charge in [-0.2, -0.15) is 0 Å². The monoisotopic (exact) mass is 281 g/mol. The van der Waals surface area contributed by atoms with Crippen LogP contribution >= 0.6 is 0 Å². The number of hydrogen-bond donors (Lipinski definition) is 3. The molecule has 0 radical (unpaired) electrons. The minimum absolute atomic E-state index is 0.120. The van der Waals surface area contributed by atoms with Crippen LogP contribution in [0.5, 0.6) is 11.5 Å². The van der Waals surface area contributed by atoms with E-state index in [4.69, 9.17) is 15.2 Å². The second-order valence-corrected chi connectivity index (χ2v) is 4.02. The number of ether oxygens (including phenoxy) is 2. The van der Waals surface area contributed by atoms with Crippen LogP contribution in [0.1, 0.15) is 6.42 Å². The lowest BCUT2D eigenvalue weighted by molar-refractivity contribution is -0.120. The third kappa shape index (κ3) is 5.15. The summed E-state index contributed by atoms with van der Waals surface area (Å²) in [5.74, 6) is 0.0954. The molecule has 0 aliphatic carbocycles. The third-order valence-electron chi connectivity index (χ3n) is 2.42. The van der Waals surface area contributed by atoms with Gasteiger partial charge in [0, 0.05) is 24.7 Å². The Morgan fingerprint density at radius 2 is 2.05 bits per heavy atom. The molecule has 0 fully saturated rings. The molecule has 0 aromatic heterocycles. The summed E-state index contributed by atoms with van der Waals surface area (Å²) < 4.78 is 10.3.